The van der Waals surface area contributed by atoms with Crippen molar-refractivity contribution in [3.05, 3.63) is 24.3 Å². The van der Waals surface area contributed by atoms with E-state index in [1.807, 2.05) is 0 Å². The molecule has 0 aromatic rings. The average molecular weight is 1230 g/mol. The number of aliphatic imine (C=N–C) groups is 3. The molecule has 0 bridgehead atoms. The number of rotatable bonds is 59. The van der Waals surface area contributed by atoms with E-state index in [1.165, 1.54) is 77.0 Å². The van der Waals surface area contributed by atoms with Crippen molar-refractivity contribution in [2.45, 2.75) is 276 Å². The lowest BCUT2D eigenvalue weighted by Gasteiger charge is -2.25. The lowest BCUT2D eigenvalue weighted by atomic mass is 10.1. The number of nitrogens with one attached hydrogen (secondary N) is 5. The van der Waals surface area contributed by atoms with Crippen molar-refractivity contribution in [3.8, 4) is 0 Å². The first-order valence-electron chi connectivity index (χ1n) is 33.5. The number of carbonyl (C=O) groups excluding carboxylic acids is 7. The SMILES string of the molecule is CCCCCCCC/C=C\CCCCCCCC(=O)NCCCN(CCCNC(=O)CCCCCCC/C=C\CCCCCCCC)C(=O)CCC(=O)N[C@@H](CCCN=C(N)N)C(=O)N[C@@H](CCCN=C(N)N)C(=O)N[C@@H](CCCN=C(N)N)C(N)=O. The van der Waals surface area contributed by atoms with Gasteiger partial charge < -0.3 is 71.6 Å². The van der Waals surface area contributed by atoms with Crippen molar-refractivity contribution in [3.63, 3.8) is 0 Å². The van der Waals surface area contributed by atoms with Crippen LogP contribution in [-0.2, 0) is 33.6 Å². The second-order valence-corrected chi connectivity index (χ2v) is 22.9. The Morgan fingerprint density at radius 1 is 0.368 bits per heavy atom. The lowest BCUT2D eigenvalue weighted by molar-refractivity contribution is -0.135. The van der Waals surface area contributed by atoms with Gasteiger partial charge in [-0.05, 0) is 116 Å². The van der Waals surface area contributed by atoms with Crippen molar-refractivity contribution < 1.29 is 33.6 Å². The number of nitrogens with zero attached hydrogens (tertiary/aromatic N) is 4. The zero-order valence-corrected chi connectivity index (χ0v) is 54.0. The zero-order chi connectivity index (χ0) is 64.4. The third-order valence-electron chi connectivity index (χ3n) is 14.9. The standard InChI is InChI=1S/C64H122N16O7/c1-3-5-7-9-11-13-15-17-19-21-23-25-27-29-31-41-55(81)72-48-36-50-80(51-37-49-73-56(82)42-32-30-28-26-24-22-20-18-16-14-12-10-8-6-4-2)58(84)44-43-57(83)77-53(39-34-46-75-63(68)69)60(86)79-54(40-35-47-76-64(70)71)61(87)78-52(59(65)85)38-33-45-74-62(66)67/h17-20,52-54H,3-16,21-51H2,1-2H3,(H2,65,85)(H,72,81)(H,73,82)(H,77,83)(H,78,87)(H,79,86)(H4,66,67,74)(H4,68,69,75)(H4,70,71,76)/b19-17-,20-18-/t52-,53-,54-/m0/s1. The fraction of sp³-hybridized carbons (Fsp3) is 0.781. The van der Waals surface area contributed by atoms with Gasteiger partial charge in [-0.3, -0.25) is 48.5 Å². The molecule has 19 N–H and O–H groups in total. The number of hydrogen-bond acceptors (Lipinski definition) is 10. The molecule has 0 fully saturated rings. The van der Waals surface area contributed by atoms with E-state index in [1.54, 1.807) is 4.90 Å². The maximum absolute atomic E-state index is 14.0. The summed E-state index contributed by atoms with van der Waals surface area (Å²) in [6.45, 7) is 6.29. The van der Waals surface area contributed by atoms with Crippen LogP contribution in [0.15, 0.2) is 39.3 Å². The van der Waals surface area contributed by atoms with Crippen LogP contribution >= 0.6 is 0 Å². The van der Waals surface area contributed by atoms with Gasteiger partial charge in [0.1, 0.15) is 18.1 Å². The van der Waals surface area contributed by atoms with Crippen LogP contribution in [0.2, 0.25) is 0 Å². The molecule has 7 amide bonds. The Kier molecular flexibility index (Phi) is 53.1. The fourth-order valence-electron chi connectivity index (χ4n) is 9.77. The van der Waals surface area contributed by atoms with E-state index < -0.39 is 41.8 Å². The molecule has 0 aliphatic heterocycles. The Bertz CT molecular complexity index is 1930. The van der Waals surface area contributed by atoms with Gasteiger partial charge in [-0.1, -0.05) is 141 Å². The molecule has 500 valence electrons. The average Bonchev–Trinajstić information content (AvgIpc) is 3.64. The van der Waals surface area contributed by atoms with Gasteiger partial charge in [0.25, 0.3) is 0 Å². The van der Waals surface area contributed by atoms with E-state index >= 15 is 0 Å². The van der Waals surface area contributed by atoms with Gasteiger partial charge in [0, 0.05) is 71.5 Å². The maximum atomic E-state index is 14.0. The Labute approximate surface area is 523 Å². The predicted molar refractivity (Wildman–Crippen MR) is 355 cm³/mol. The molecule has 0 saturated heterocycles. The normalized spacial score (nSPS) is 12.2. The van der Waals surface area contributed by atoms with Gasteiger partial charge in [0.2, 0.25) is 41.4 Å². The molecule has 87 heavy (non-hydrogen) atoms. The third-order valence-corrected chi connectivity index (χ3v) is 14.9. The van der Waals surface area contributed by atoms with E-state index in [4.69, 9.17) is 40.1 Å². The van der Waals surface area contributed by atoms with Gasteiger partial charge in [-0.25, -0.2) is 0 Å². The second-order valence-electron chi connectivity index (χ2n) is 22.9. The highest BCUT2D eigenvalue weighted by Crippen LogP contribution is 2.14. The molecule has 0 radical (unpaired) electrons. The van der Waals surface area contributed by atoms with Crippen LogP contribution in [0.3, 0.4) is 0 Å². The number of carbonyl (C=O) groups is 7. The quantitative estimate of drug-likeness (QED) is 0.0129. The topological polar surface area (TPSA) is 402 Å². The molecule has 0 aromatic heterocycles. The van der Waals surface area contributed by atoms with E-state index in [-0.39, 0.29) is 100 Å². The molecule has 23 nitrogen and oxygen atoms in total. The number of nitrogens with two attached hydrogens (primary N) is 7. The Balaban J connectivity index is 5.66. The molecular weight excluding hydrogens is 1100 g/mol. The third kappa shape index (κ3) is 52.4. The van der Waals surface area contributed by atoms with Crippen LogP contribution in [-0.4, -0.2) is 128 Å². The molecule has 0 rings (SSSR count). The van der Waals surface area contributed by atoms with E-state index in [9.17, 15) is 33.6 Å². The predicted octanol–water partition coefficient (Wildman–Crippen LogP) is 6.78. The first-order chi connectivity index (χ1) is 42.0. The van der Waals surface area contributed by atoms with Crippen LogP contribution < -0.4 is 66.7 Å². The fourth-order valence-corrected chi connectivity index (χ4v) is 9.77. The highest BCUT2D eigenvalue weighted by molar-refractivity contribution is 5.94. The molecule has 23 heteroatoms. The van der Waals surface area contributed by atoms with Crippen molar-refractivity contribution in [1.29, 1.82) is 0 Å². The van der Waals surface area contributed by atoms with Gasteiger partial charge >= 0.3 is 0 Å². The lowest BCUT2D eigenvalue weighted by Crippen LogP contribution is -2.56. The van der Waals surface area contributed by atoms with E-state index in [0.29, 0.717) is 58.3 Å². The van der Waals surface area contributed by atoms with Crippen LogP contribution in [0, 0.1) is 0 Å². The van der Waals surface area contributed by atoms with E-state index in [0.717, 1.165) is 89.9 Å². The van der Waals surface area contributed by atoms with Gasteiger partial charge in [-0.15, -0.1) is 0 Å². The molecule has 0 aliphatic rings. The summed E-state index contributed by atoms with van der Waals surface area (Å²) >= 11 is 0. The summed E-state index contributed by atoms with van der Waals surface area (Å²) in [5.41, 5.74) is 38.5. The highest BCUT2D eigenvalue weighted by Gasteiger charge is 2.29. The zero-order valence-electron chi connectivity index (χ0n) is 54.0. The highest BCUT2D eigenvalue weighted by atomic mass is 16.2. The first-order valence-corrected chi connectivity index (χ1v) is 33.5. The molecule has 3 atom stereocenters. The summed E-state index contributed by atoms with van der Waals surface area (Å²) in [7, 11) is 0. The summed E-state index contributed by atoms with van der Waals surface area (Å²) in [4.78, 5) is 107. The van der Waals surface area contributed by atoms with Crippen LogP contribution in [0.25, 0.3) is 0 Å². The van der Waals surface area contributed by atoms with Crippen molar-refractivity contribution >= 4 is 59.2 Å². The summed E-state index contributed by atoms with van der Waals surface area (Å²) in [5.74, 6) is -3.66. The number of hydrogen-bond donors (Lipinski definition) is 12. The Morgan fingerprint density at radius 3 is 1.07 bits per heavy atom. The number of primary amides is 1. The van der Waals surface area contributed by atoms with Crippen molar-refractivity contribution in [1.82, 2.24) is 31.5 Å². The van der Waals surface area contributed by atoms with Crippen LogP contribution in [0.4, 0.5) is 0 Å². The molecule has 0 saturated carbocycles. The second kappa shape index (κ2) is 57.3. The Hall–Kier alpha value is -6.42. The number of allylic oxidation sites excluding steroid dienone is 4. The monoisotopic (exact) mass is 1230 g/mol. The van der Waals surface area contributed by atoms with Gasteiger partial charge in [-0.2, -0.15) is 0 Å². The summed E-state index contributed by atoms with van der Waals surface area (Å²) in [5, 5.41) is 14.0. The van der Waals surface area contributed by atoms with Crippen molar-refractivity contribution in [2.24, 2.45) is 55.1 Å². The van der Waals surface area contributed by atoms with Gasteiger partial charge in [0.05, 0.1) is 0 Å². The minimum Gasteiger partial charge on any atom is -0.370 e. The smallest absolute Gasteiger partial charge is 0.243 e. The summed E-state index contributed by atoms with van der Waals surface area (Å²) in [6.07, 6.45) is 42.3. The molecule has 0 aromatic carbocycles. The minimum absolute atomic E-state index is 0.0308. The first kappa shape index (κ1) is 80.6. The van der Waals surface area contributed by atoms with Crippen LogP contribution in [0.5, 0.6) is 0 Å². The number of unbranched alkanes of at least 4 members (excludes halogenated alkanes) is 22. The largest absolute Gasteiger partial charge is 0.370 e. The van der Waals surface area contributed by atoms with Gasteiger partial charge in [0.15, 0.2) is 17.9 Å². The molecule has 0 aliphatic carbocycles. The molecular formula is C64H122N16O7. The Morgan fingerprint density at radius 2 is 0.701 bits per heavy atom. The minimum atomic E-state index is -1.22. The van der Waals surface area contributed by atoms with E-state index in [2.05, 4.69) is 79.7 Å². The van der Waals surface area contributed by atoms with Crippen LogP contribution in [0.1, 0.15) is 258 Å². The summed E-state index contributed by atoms with van der Waals surface area (Å²) < 4.78 is 0. The number of guanidine groups is 3. The molecule has 0 unspecified atom stereocenters. The summed E-state index contributed by atoms with van der Waals surface area (Å²) in [6, 6.07) is -3.53. The number of amides is 7. The molecule has 0 spiro atoms. The maximum Gasteiger partial charge on any atom is 0.243 e. The van der Waals surface area contributed by atoms with Crippen molar-refractivity contribution in [2.75, 3.05) is 45.8 Å². The molecule has 0 heterocycles.